The van der Waals surface area contributed by atoms with Gasteiger partial charge in [0.05, 0.1) is 13.2 Å². The molecule has 0 aliphatic rings. The monoisotopic (exact) mass is 302 g/mol. The molecule has 0 saturated carbocycles. The van der Waals surface area contributed by atoms with Crippen molar-refractivity contribution in [3.63, 3.8) is 0 Å². The van der Waals surface area contributed by atoms with Crippen molar-refractivity contribution in [1.82, 2.24) is 4.57 Å². The van der Waals surface area contributed by atoms with Crippen LogP contribution in [0.15, 0.2) is 54.7 Å². The normalized spacial score (nSPS) is 12.1. The predicted octanol–water partition coefficient (Wildman–Crippen LogP) is 4.53. The van der Waals surface area contributed by atoms with Crippen LogP contribution in [0.25, 0.3) is 27.6 Å². The van der Waals surface area contributed by atoms with Gasteiger partial charge in [0.1, 0.15) is 12.4 Å². The van der Waals surface area contributed by atoms with Gasteiger partial charge in [-0.25, -0.2) is 4.57 Å². The summed E-state index contributed by atoms with van der Waals surface area (Å²) in [6.45, 7) is 6.47. The summed E-state index contributed by atoms with van der Waals surface area (Å²) in [6.07, 6.45) is 0.500. The Morgan fingerprint density at radius 1 is 0.957 bits per heavy atom. The molecule has 0 aliphatic carbocycles. The summed E-state index contributed by atoms with van der Waals surface area (Å²) >= 11 is 0. The van der Waals surface area contributed by atoms with Gasteiger partial charge in [0, 0.05) is 16.8 Å². The Kier molecular flexibility index (Phi) is 2.77. The fourth-order valence-electron chi connectivity index (χ4n) is 3.42. The van der Waals surface area contributed by atoms with Gasteiger partial charge in [0.25, 0.3) is 5.82 Å². The fourth-order valence-corrected chi connectivity index (χ4v) is 3.42. The van der Waals surface area contributed by atoms with Crippen molar-refractivity contribution < 1.29 is 5.94 Å². The van der Waals surface area contributed by atoms with Crippen LogP contribution in [0.4, 0.5) is 0 Å². The molecule has 2 heterocycles. The Morgan fingerprint density at radius 2 is 1.78 bits per heavy atom. The van der Waals surface area contributed by atoms with E-state index in [2.05, 4.69) is 61.7 Å². The minimum atomic E-state index is 0.500. The Balaban J connectivity index is 2.28. The van der Waals surface area contributed by atoms with Crippen molar-refractivity contribution in [3.8, 4) is 5.82 Å². The summed E-state index contributed by atoms with van der Waals surface area (Å²) in [7, 11) is 1.95. The van der Waals surface area contributed by atoms with E-state index in [0.29, 0.717) is 6.17 Å². The van der Waals surface area contributed by atoms with E-state index >= 15 is 0 Å². The van der Waals surface area contributed by atoms with Gasteiger partial charge in [-0.15, -0.1) is 0 Å². The first-order valence-electron chi connectivity index (χ1n) is 8.46. The molecule has 0 fully saturated rings. The smallest absolute Gasteiger partial charge is 0.237 e. The first kappa shape index (κ1) is 12.9. The zero-order valence-corrected chi connectivity index (χ0v) is 14.0. The van der Waals surface area contributed by atoms with Crippen molar-refractivity contribution in [2.24, 2.45) is 7.05 Å². The average Bonchev–Trinajstić information content (AvgIpc) is 2.88. The summed E-state index contributed by atoms with van der Waals surface area (Å²) in [6, 6.07) is 16.9. The zero-order chi connectivity index (χ0) is 17.0. The molecule has 2 nitrogen and oxygen atoms in total. The molecule has 0 saturated heterocycles. The lowest BCUT2D eigenvalue weighted by Gasteiger charge is -2.06. The molecule has 0 radical (unpaired) electrons. The molecule has 4 aromatic rings. The number of hydrogen-bond acceptors (Lipinski definition) is 0. The fraction of sp³-hybridized carbons (Fsp3) is 0.190. The lowest BCUT2D eigenvalue weighted by molar-refractivity contribution is -0.665. The van der Waals surface area contributed by atoms with Crippen LogP contribution in [-0.4, -0.2) is 4.57 Å². The van der Waals surface area contributed by atoms with Crippen molar-refractivity contribution >= 4 is 21.8 Å². The molecule has 0 atom stereocenters. The van der Waals surface area contributed by atoms with Gasteiger partial charge in [-0.05, 0) is 56.2 Å². The van der Waals surface area contributed by atoms with Crippen LogP contribution < -0.4 is 4.57 Å². The molecular formula is C21H21N2+. The van der Waals surface area contributed by atoms with Crippen LogP contribution >= 0.6 is 0 Å². The van der Waals surface area contributed by atoms with Crippen molar-refractivity contribution in [2.45, 2.75) is 20.8 Å². The van der Waals surface area contributed by atoms with Crippen LogP contribution in [0.3, 0.4) is 0 Å². The van der Waals surface area contributed by atoms with Gasteiger partial charge in [-0.2, -0.15) is 4.57 Å². The lowest BCUT2D eigenvalue weighted by atomic mass is 10.0. The Labute approximate surface area is 138 Å². The first-order chi connectivity index (χ1) is 11.5. The number of nitrogens with zero attached hydrogens (tertiary/aromatic N) is 2. The number of hydrogen-bond donors (Lipinski definition) is 0. The SMILES string of the molecule is [2H]c1cccc(-n2c3ccc(C)cc3c3ccc(C)c(C)c32)[n+]1C. The summed E-state index contributed by atoms with van der Waals surface area (Å²) in [5.41, 5.74) is 6.25. The highest BCUT2D eigenvalue weighted by Crippen LogP contribution is 2.34. The molecule has 0 aliphatic heterocycles. The highest BCUT2D eigenvalue weighted by molar-refractivity contribution is 6.10. The maximum Gasteiger partial charge on any atom is 0.286 e. The summed E-state index contributed by atoms with van der Waals surface area (Å²) < 4.78 is 12.4. The van der Waals surface area contributed by atoms with Crippen LogP contribution in [0, 0.1) is 20.8 Å². The van der Waals surface area contributed by atoms with E-state index in [9.17, 15) is 0 Å². The zero-order valence-electron chi connectivity index (χ0n) is 15.0. The molecule has 0 amide bonds. The van der Waals surface area contributed by atoms with Gasteiger partial charge in [-0.3, -0.25) is 0 Å². The van der Waals surface area contributed by atoms with E-state index in [-0.39, 0.29) is 0 Å². The third-order valence-corrected chi connectivity index (χ3v) is 4.79. The van der Waals surface area contributed by atoms with E-state index in [1.807, 2.05) is 23.7 Å². The molecule has 0 unspecified atom stereocenters. The van der Waals surface area contributed by atoms with Gasteiger partial charge in [-0.1, -0.05) is 23.8 Å². The molecule has 0 N–H and O–H groups in total. The van der Waals surface area contributed by atoms with Gasteiger partial charge in [0.15, 0.2) is 0 Å². The highest BCUT2D eigenvalue weighted by atomic mass is 15.1. The molecule has 0 bridgehead atoms. The van der Waals surface area contributed by atoms with Crippen molar-refractivity contribution in [2.75, 3.05) is 0 Å². The third kappa shape index (κ3) is 1.98. The summed E-state index contributed by atoms with van der Waals surface area (Å²) in [5.74, 6) is 1.01. The lowest BCUT2D eigenvalue weighted by Crippen LogP contribution is -2.33. The van der Waals surface area contributed by atoms with E-state index in [1.165, 1.54) is 38.5 Å². The van der Waals surface area contributed by atoms with Crippen LogP contribution in [0.2, 0.25) is 0 Å². The second-order valence-corrected chi connectivity index (χ2v) is 6.33. The number of aromatic nitrogens is 2. The second kappa shape index (κ2) is 4.95. The van der Waals surface area contributed by atoms with E-state index in [0.717, 1.165) is 5.82 Å². The van der Waals surface area contributed by atoms with Gasteiger partial charge >= 0.3 is 0 Å². The van der Waals surface area contributed by atoms with E-state index in [4.69, 9.17) is 1.37 Å². The molecule has 23 heavy (non-hydrogen) atoms. The topological polar surface area (TPSA) is 8.81 Å². The van der Waals surface area contributed by atoms with Crippen LogP contribution in [-0.2, 0) is 7.05 Å². The van der Waals surface area contributed by atoms with Crippen molar-refractivity contribution in [3.05, 3.63) is 71.4 Å². The maximum atomic E-state index is 8.16. The third-order valence-electron chi connectivity index (χ3n) is 4.79. The summed E-state index contributed by atoms with van der Waals surface area (Å²) in [4.78, 5) is 0. The molecule has 4 rings (SSSR count). The number of aryl methyl sites for hydroxylation is 3. The Bertz CT molecular complexity index is 1110. The molecule has 2 aromatic carbocycles. The van der Waals surface area contributed by atoms with Crippen LogP contribution in [0.1, 0.15) is 18.1 Å². The highest BCUT2D eigenvalue weighted by Gasteiger charge is 2.22. The average molecular weight is 302 g/mol. The number of pyridine rings is 1. The number of fused-ring (bicyclic) bond motifs is 3. The molecule has 0 spiro atoms. The minimum Gasteiger partial charge on any atom is -0.237 e. The minimum absolute atomic E-state index is 0.500. The quantitative estimate of drug-likeness (QED) is 0.457. The maximum absolute atomic E-state index is 8.16. The van der Waals surface area contributed by atoms with Crippen LogP contribution in [0.5, 0.6) is 0 Å². The Hall–Kier alpha value is -2.61. The van der Waals surface area contributed by atoms with E-state index < -0.39 is 0 Å². The summed E-state index contributed by atoms with van der Waals surface area (Å²) in [5, 5.41) is 2.54. The molecule has 2 aromatic heterocycles. The number of rotatable bonds is 1. The van der Waals surface area contributed by atoms with Crippen molar-refractivity contribution in [1.29, 1.82) is 0 Å². The van der Waals surface area contributed by atoms with Gasteiger partial charge < -0.3 is 0 Å². The largest absolute Gasteiger partial charge is 0.286 e. The number of benzene rings is 2. The molecule has 2 heteroatoms. The van der Waals surface area contributed by atoms with Gasteiger partial charge in [0.2, 0.25) is 0 Å². The van der Waals surface area contributed by atoms with E-state index in [1.54, 1.807) is 0 Å². The predicted molar refractivity (Wildman–Crippen MR) is 96.2 cm³/mol. The Morgan fingerprint density at radius 3 is 2.61 bits per heavy atom. The molecule has 114 valence electrons. The standard InChI is InChI=1S/C21H21N2/c1-14-8-11-19-18(13-14)17-10-9-15(2)16(3)21(17)23(19)20-7-5-6-12-22(20)4/h5-13H,1-4H3/q+1/i12D. The first-order valence-corrected chi connectivity index (χ1v) is 7.96. The molecular weight excluding hydrogens is 280 g/mol. The second-order valence-electron chi connectivity index (χ2n) is 6.33.